The Kier molecular flexibility index (Phi) is 3.56. The van der Waals surface area contributed by atoms with Crippen LogP contribution in [-0.2, 0) is 6.54 Å². The summed E-state index contributed by atoms with van der Waals surface area (Å²) in [6.07, 6.45) is 2.43. The second-order valence-electron chi connectivity index (χ2n) is 4.79. The molecule has 3 rings (SSSR count). The van der Waals surface area contributed by atoms with E-state index in [2.05, 4.69) is 21.1 Å². The molecule has 1 aliphatic heterocycles. The number of nitrogens with two attached hydrogens (primary N) is 1. The van der Waals surface area contributed by atoms with Gasteiger partial charge >= 0.3 is 0 Å². The average Bonchev–Trinajstić information content (AvgIpc) is 3.17. The zero-order valence-electron chi connectivity index (χ0n) is 11.5. The predicted octanol–water partition coefficient (Wildman–Crippen LogP) is 1.80. The Balaban J connectivity index is 2.04. The SMILES string of the molecule is COc1ccc(N2CCCC2)c(-c2noc(CN)n2)c1. The van der Waals surface area contributed by atoms with Crippen LogP contribution in [0.3, 0.4) is 0 Å². The molecule has 20 heavy (non-hydrogen) atoms. The van der Waals surface area contributed by atoms with Crippen molar-refractivity contribution in [2.75, 3.05) is 25.1 Å². The Morgan fingerprint density at radius 2 is 2.15 bits per heavy atom. The van der Waals surface area contributed by atoms with E-state index in [9.17, 15) is 0 Å². The van der Waals surface area contributed by atoms with Gasteiger partial charge in [0.2, 0.25) is 11.7 Å². The van der Waals surface area contributed by atoms with Gasteiger partial charge in [-0.05, 0) is 31.0 Å². The first-order chi connectivity index (χ1) is 9.81. The fourth-order valence-electron chi connectivity index (χ4n) is 2.50. The van der Waals surface area contributed by atoms with Crippen molar-refractivity contribution in [2.24, 2.45) is 5.73 Å². The zero-order chi connectivity index (χ0) is 13.9. The molecular weight excluding hydrogens is 256 g/mol. The van der Waals surface area contributed by atoms with E-state index in [0.717, 1.165) is 30.1 Å². The van der Waals surface area contributed by atoms with Crippen molar-refractivity contribution in [1.29, 1.82) is 0 Å². The molecular formula is C14H18N4O2. The van der Waals surface area contributed by atoms with Crippen molar-refractivity contribution < 1.29 is 9.26 Å². The van der Waals surface area contributed by atoms with Gasteiger partial charge in [-0.2, -0.15) is 4.98 Å². The van der Waals surface area contributed by atoms with Crippen LogP contribution in [0.2, 0.25) is 0 Å². The fraction of sp³-hybridized carbons (Fsp3) is 0.429. The van der Waals surface area contributed by atoms with E-state index >= 15 is 0 Å². The van der Waals surface area contributed by atoms with Gasteiger partial charge in [0.1, 0.15) is 5.75 Å². The number of benzene rings is 1. The Morgan fingerprint density at radius 1 is 1.35 bits per heavy atom. The first-order valence-corrected chi connectivity index (χ1v) is 6.78. The van der Waals surface area contributed by atoms with Crippen LogP contribution in [0.1, 0.15) is 18.7 Å². The topological polar surface area (TPSA) is 77.4 Å². The third-order valence-corrected chi connectivity index (χ3v) is 3.53. The number of ether oxygens (including phenoxy) is 1. The molecule has 2 heterocycles. The minimum Gasteiger partial charge on any atom is -0.497 e. The second-order valence-corrected chi connectivity index (χ2v) is 4.79. The third-order valence-electron chi connectivity index (χ3n) is 3.53. The molecule has 6 heteroatoms. The molecule has 0 unspecified atom stereocenters. The van der Waals surface area contributed by atoms with E-state index in [-0.39, 0.29) is 6.54 Å². The molecule has 0 amide bonds. The zero-order valence-corrected chi connectivity index (χ0v) is 11.5. The molecule has 106 valence electrons. The van der Waals surface area contributed by atoms with Gasteiger partial charge in [0.15, 0.2) is 0 Å². The molecule has 0 radical (unpaired) electrons. The second kappa shape index (κ2) is 5.50. The first kappa shape index (κ1) is 12.9. The molecule has 1 aromatic heterocycles. The monoisotopic (exact) mass is 274 g/mol. The molecule has 6 nitrogen and oxygen atoms in total. The van der Waals surface area contributed by atoms with Gasteiger partial charge in [-0.25, -0.2) is 0 Å². The molecule has 1 saturated heterocycles. The number of aromatic nitrogens is 2. The molecule has 2 N–H and O–H groups in total. The molecule has 0 bridgehead atoms. The van der Waals surface area contributed by atoms with Crippen LogP contribution in [-0.4, -0.2) is 30.3 Å². The summed E-state index contributed by atoms with van der Waals surface area (Å²) >= 11 is 0. The highest BCUT2D eigenvalue weighted by Crippen LogP contribution is 2.34. The summed E-state index contributed by atoms with van der Waals surface area (Å²) < 4.78 is 10.4. The van der Waals surface area contributed by atoms with Gasteiger partial charge in [0.25, 0.3) is 0 Å². The molecule has 0 saturated carbocycles. The van der Waals surface area contributed by atoms with E-state index in [1.807, 2.05) is 12.1 Å². The number of methoxy groups -OCH3 is 1. The summed E-state index contributed by atoms with van der Waals surface area (Å²) in [5, 5.41) is 4.02. The fourth-order valence-corrected chi connectivity index (χ4v) is 2.50. The number of hydrogen-bond acceptors (Lipinski definition) is 6. The van der Waals surface area contributed by atoms with Gasteiger partial charge in [-0.15, -0.1) is 0 Å². The van der Waals surface area contributed by atoms with Crippen molar-refractivity contribution in [1.82, 2.24) is 10.1 Å². The molecule has 0 spiro atoms. The maximum atomic E-state index is 5.53. The Hall–Kier alpha value is -2.08. The molecule has 1 aromatic carbocycles. The van der Waals surface area contributed by atoms with Crippen LogP contribution in [0.5, 0.6) is 5.75 Å². The average molecular weight is 274 g/mol. The summed E-state index contributed by atoms with van der Waals surface area (Å²) in [4.78, 5) is 6.66. The van der Waals surface area contributed by atoms with E-state index < -0.39 is 0 Å². The number of nitrogens with zero attached hydrogens (tertiary/aromatic N) is 3. The van der Waals surface area contributed by atoms with Crippen molar-refractivity contribution in [3.63, 3.8) is 0 Å². The molecule has 0 aliphatic carbocycles. The Morgan fingerprint density at radius 3 is 2.80 bits per heavy atom. The highest BCUT2D eigenvalue weighted by Gasteiger charge is 2.20. The summed E-state index contributed by atoms with van der Waals surface area (Å²) in [5.74, 6) is 1.78. The minimum absolute atomic E-state index is 0.246. The lowest BCUT2D eigenvalue weighted by molar-refractivity contribution is 0.380. The first-order valence-electron chi connectivity index (χ1n) is 6.78. The van der Waals surface area contributed by atoms with E-state index in [1.165, 1.54) is 12.8 Å². The Labute approximate surface area is 117 Å². The smallest absolute Gasteiger partial charge is 0.240 e. The van der Waals surface area contributed by atoms with Crippen LogP contribution >= 0.6 is 0 Å². The van der Waals surface area contributed by atoms with E-state index in [1.54, 1.807) is 7.11 Å². The van der Waals surface area contributed by atoms with E-state index in [4.69, 9.17) is 15.0 Å². The quantitative estimate of drug-likeness (QED) is 0.916. The molecule has 0 atom stereocenters. The van der Waals surface area contributed by atoms with Crippen LogP contribution in [0.15, 0.2) is 22.7 Å². The Bertz CT molecular complexity index is 591. The van der Waals surface area contributed by atoms with Crippen molar-refractivity contribution >= 4 is 5.69 Å². The summed E-state index contributed by atoms with van der Waals surface area (Å²) in [6.45, 7) is 2.36. The van der Waals surface area contributed by atoms with Crippen molar-refractivity contribution in [2.45, 2.75) is 19.4 Å². The lowest BCUT2D eigenvalue weighted by atomic mass is 10.1. The number of hydrogen-bond donors (Lipinski definition) is 1. The van der Waals surface area contributed by atoms with Gasteiger partial charge < -0.3 is 19.9 Å². The van der Waals surface area contributed by atoms with Crippen LogP contribution in [0.4, 0.5) is 5.69 Å². The molecule has 1 aliphatic rings. The predicted molar refractivity (Wildman–Crippen MR) is 75.6 cm³/mol. The summed E-state index contributed by atoms with van der Waals surface area (Å²) in [7, 11) is 1.65. The maximum Gasteiger partial charge on any atom is 0.240 e. The number of rotatable bonds is 4. The van der Waals surface area contributed by atoms with Gasteiger partial charge in [-0.3, -0.25) is 0 Å². The van der Waals surface area contributed by atoms with Crippen molar-refractivity contribution in [3.05, 3.63) is 24.1 Å². The summed E-state index contributed by atoms with van der Waals surface area (Å²) in [5.41, 5.74) is 7.57. The van der Waals surface area contributed by atoms with Gasteiger partial charge in [0.05, 0.1) is 13.7 Å². The van der Waals surface area contributed by atoms with E-state index in [0.29, 0.717) is 11.7 Å². The highest BCUT2D eigenvalue weighted by molar-refractivity contribution is 5.76. The van der Waals surface area contributed by atoms with Gasteiger partial charge in [-0.1, -0.05) is 5.16 Å². The lowest BCUT2D eigenvalue weighted by Crippen LogP contribution is -2.18. The molecule has 2 aromatic rings. The normalized spacial score (nSPS) is 14.8. The van der Waals surface area contributed by atoms with Gasteiger partial charge in [0, 0.05) is 24.3 Å². The highest BCUT2D eigenvalue weighted by atomic mass is 16.5. The maximum absolute atomic E-state index is 5.53. The number of anilines is 1. The van der Waals surface area contributed by atoms with Crippen LogP contribution in [0, 0.1) is 0 Å². The summed E-state index contributed by atoms with van der Waals surface area (Å²) in [6, 6.07) is 5.96. The van der Waals surface area contributed by atoms with Crippen LogP contribution in [0.25, 0.3) is 11.4 Å². The van der Waals surface area contributed by atoms with Crippen molar-refractivity contribution in [3.8, 4) is 17.1 Å². The largest absolute Gasteiger partial charge is 0.497 e. The molecule has 1 fully saturated rings. The standard InChI is InChI=1S/C14H18N4O2/c1-19-10-4-5-12(18-6-2-3-7-18)11(8-10)14-16-13(9-15)20-17-14/h4-5,8H,2-3,6-7,9,15H2,1H3. The third kappa shape index (κ3) is 2.34. The lowest BCUT2D eigenvalue weighted by Gasteiger charge is -2.20. The van der Waals surface area contributed by atoms with Crippen LogP contribution < -0.4 is 15.4 Å². The minimum atomic E-state index is 0.246.